The summed E-state index contributed by atoms with van der Waals surface area (Å²) in [6.07, 6.45) is 7.08. The number of unbranched alkanes of at least 4 members (excludes halogenated alkanes) is 7. The normalized spacial score (nSPS) is 11.2. The van der Waals surface area contributed by atoms with Crippen LogP contribution >= 0.6 is 0 Å². The minimum atomic E-state index is -4.05. The Morgan fingerprint density at radius 3 is 1.45 bits per heavy atom. The molecule has 0 N–H and O–H groups in total. The summed E-state index contributed by atoms with van der Waals surface area (Å²) >= 11 is 0. The highest BCUT2D eigenvalue weighted by Gasteiger charge is 2.25. The quantitative estimate of drug-likeness (QED) is 0.234. The molecule has 0 saturated heterocycles. The molecule has 0 heterocycles. The van der Waals surface area contributed by atoms with Crippen molar-refractivity contribution in [3.8, 4) is 11.8 Å². The summed E-state index contributed by atoms with van der Waals surface area (Å²) in [5, 5.41) is 0. The summed E-state index contributed by atoms with van der Waals surface area (Å²) in [6.45, 7) is 2.25. The van der Waals surface area contributed by atoms with Gasteiger partial charge in [0.05, 0.1) is 0 Å². The van der Waals surface area contributed by atoms with Gasteiger partial charge in [0.25, 0.3) is 0 Å². The zero-order chi connectivity index (χ0) is 22.4. The van der Waals surface area contributed by atoms with Crippen molar-refractivity contribution in [2.75, 3.05) is 0 Å². The summed E-state index contributed by atoms with van der Waals surface area (Å²) in [4.78, 5) is 0. The van der Waals surface area contributed by atoms with Crippen molar-refractivity contribution in [1.29, 1.82) is 0 Å². The van der Waals surface area contributed by atoms with Gasteiger partial charge in [-0.3, -0.25) is 0 Å². The zero-order valence-electron chi connectivity index (χ0n) is 18.7. The van der Waals surface area contributed by atoms with E-state index in [1.165, 1.54) is 50.5 Å². The fourth-order valence-corrected chi connectivity index (χ4v) is 3.59. The number of aryl methyl sites for hydroxylation is 2. The van der Waals surface area contributed by atoms with Crippen molar-refractivity contribution in [2.24, 2.45) is 0 Å². The first-order valence-corrected chi connectivity index (χ1v) is 11.7. The molecule has 0 unspecified atom stereocenters. The first-order chi connectivity index (χ1) is 15.0. The molecule has 0 aliphatic rings. The van der Waals surface area contributed by atoms with Gasteiger partial charge in [-0.1, -0.05) is 81.6 Å². The Hall–Kier alpha value is -2.21. The number of benzene rings is 2. The minimum Gasteiger partial charge on any atom is -0.171 e. The first-order valence-electron chi connectivity index (χ1n) is 11.7. The van der Waals surface area contributed by atoms with Crippen LogP contribution in [0.25, 0.3) is 0 Å². The molecule has 0 aliphatic heterocycles. The third kappa shape index (κ3) is 11.7. The van der Waals surface area contributed by atoms with Crippen LogP contribution in [-0.2, 0) is 12.8 Å². The molecule has 3 heteroatoms. The topological polar surface area (TPSA) is 0 Å². The van der Waals surface area contributed by atoms with E-state index in [1.54, 1.807) is 0 Å². The monoisotopic (exact) mass is 428 g/mol. The molecule has 0 aromatic heterocycles. The molecular weight excluding hydrogens is 393 g/mol. The van der Waals surface area contributed by atoms with E-state index in [0.29, 0.717) is 12.8 Å². The van der Waals surface area contributed by atoms with Gasteiger partial charge < -0.3 is 0 Å². The molecule has 0 aliphatic carbocycles. The molecule has 0 fully saturated rings. The van der Waals surface area contributed by atoms with Crippen LogP contribution in [0, 0.1) is 11.8 Å². The van der Waals surface area contributed by atoms with Crippen molar-refractivity contribution in [3.05, 3.63) is 70.8 Å². The maximum atomic E-state index is 12.2. The van der Waals surface area contributed by atoms with Crippen molar-refractivity contribution >= 4 is 0 Å². The third-order valence-electron chi connectivity index (χ3n) is 5.50. The minimum absolute atomic E-state index is 0.181. The zero-order valence-corrected chi connectivity index (χ0v) is 18.7. The highest BCUT2D eigenvalue weighted by Crippen LogP contribution is 2.23. The average Bonchev–Trinajstić information content (AvgIpc) is 2.76. The maximum absolute atomic E-state index is 12.2. The standard InChI is InChI=1S/C28H35F3/c1-2-3-4-5-6-7-8-11-24-13-17-26(18-14-24)21-22-27-19-15-25(16-20-27)12-9-10-23-28(29,30)31/h13-20H,2-12,23H2,1H3. The van der Waals surface area contributed by atoms with Gasteiger partial charge in [0.1, 0.15) is 0 Å². The van der Waals surface area contributed by atoms with E-state index < -0.39 is 12.6 Å². The van der Waals surface area contributed by atoms with Crippen molar-refractivity contribution in [3.63, 3.8) is 0 Å². The Balaban J connectivity index is 1.71. The summed E-state index contributed by atoms with van der Waals surface area (Å²) in [5.41, 5.74) is 4.35. The van der Waals surface area contributed by atoms with Gasteiger partial charge in [-0.2, -0.15) is 13.2 Å². The van der Waals surface area contributed by atoms with Crippen LogP contribution in [0.3, 0.4) is 0 Å². The van der Waals surface area contributed by atoms with E-state index in [-0.39, 0.29) is 6.42 Å². The van der Waals surface area contributed by atoms with Gasteiger partial charge in [0, 0.05) is 17.5 Å². The lowest BCUT2D eigenvalue weighted by Crippen LogP contribution is -2.06. The lowest BCUT2D eigenvalue weighted by atomic mass is 10.0. The van der Waals surface area contributed by atoms with Crippen molar-refractivity contribution < 1.29 is 13.2 Å². The second-order valence-electron chi connectivity index (χ2n) is 8.34. The van der Waals surface area contributed by atoms with Gasteiger partial charge in [0.15, 0.2) is 0 Å². The molecule has 31 heavy (non-hydrogen) atoms. The Labute approximate surface area is 186 Å². The molecule has 0 spiro atoms. The Kier molecular flexibility index (Phi) is 11.3. The predicted molar refractivity (Wildman–Crippen MR) is 124 cm³/mol. The third-order valence-corrected chi connectivity index (χ3v) is 5.50. The van der Waals surface area contributed by atoms with Gasteiger partial charge in [0.2, 0.25) is 0 Å². The van der Waals surface area contributed by atoms with E-state index in [9.17, 15) is 13.2 Å². The fourth-order valence-electron chi connectivity index (χ4n) is 3.59. The SMILES string of the molecule is CCCCCCCCCc1ccc(C#Cc2ccc(CCCCC(F)(F)F)cc2)cc1. The molecule has 0 nitrogen and oxygen atoms in total. The van der Waals surface area contributed by atoms with E-state index >= 15 is 0 Å². The van der Waals surface area contributed by atoms with Crippen molar-refractivity contribution in [2.45, 2.75) is 90.1 Å². The Bertz CT molecular complexity index is 789. The lowest BCUT2D eigenvalue weighted by molar-refractivity contribution is -0.135. The molecule has 2 aromatic carbocycles. The number of halogens is 3. The number of hydrogen-bond donors (Lipinski definition) is 0. The van der Waals surface area contributed by atoms with Crippen molar-refractivity contribution in [1.82, 2.24) is 0 Å². The summed E-state index contributed by atoms with van der Waals surface area (Å²) in [6, 6.07) is 16.3. The smallest absolute Gasteiger partial charge is 0.171 e. The van der Waals surface area contributed by atoms with Gasteiger partial charge in [-0.05, 0) is 67.5 Å². The molecule has 2 aromatic rings. The number of rotatable bonds is 12. The van der Waals surface area contributed by atoms with Crippen LogP contribution in [0.2, 0.25) is 0 Å². The second kappa shape index (κ2) is 14.0. The highest BCUT2D eigenvalue weighted by molar-refractivity contribution is 5.44. The lowest BCUT2D eigenvalue weighted by Gasteiger charge is -2.05. The van der Waals surface area contributed by atoms with Gasteiger partial charge in [-0.25, -0.2) is 0 Å². The van der Waals surface area contributed by atoms with Crippen LogP contribution in [0.15, 0.2) is 48.5 Å². The molecule has 0 atom stereocenters. The summed E-state index contributed by atoms with van der Waals surface area (Å²) < 4.78 is 36.5. The van der Waals surface area contributed by atoms with Crippen LogP contribution in [0.5, 0.6) is 0 Å². The average molecular weight is 429 g/mol. The van der Waals surface area contributed by atoms with Crippen LogP contribution in [0.4, 0.5) is 13.2 Å². The molecular formula is C28H35F3. The predicted octanol–water partition coefficient (Wildman–Crippen LogP) is 8.65. The van der Waals surface area contributed by atoms with E-state index in [2.05, 4.69) is 43.0 Å². The molecule has 2 rings (SSSR count). The van der Waals surface area contributed by atoms with Crippen LogP contribution < -0.4 is 0 Å². The molecule has 168 valence electrons. The Morgan fingerprint density at radius 2 is 1.00 bits per heavy atom. The summed E-state index contributed by atoms with van der Waals surface area (Å²) in [7, 11) is 0. The van der Waals surface area contributed by atoms with E-state index in [4.69, 9.17) is 0 Å². The number of hydrogen-bond acceptors (Lipinski definition) is 0. The molecule has 0 radical (unpaired) electrons. The van der Waals surface area contributed by atoms with E-state index in [0.717, 1.165) is 23.1 Å². The largest absolute Gasteiger partial charge is 0.389 e. The fraction of sp³-hybridized carbons (Fsp3) is 0.500. The second-order valence-corrected chi connectivity index (χ2v) is 8.34. The van der Waals surface area contributed by atoms with Gasteiger partial charge >= 0.3 is 6.18 Å². The van der Waals surface area contributed by atoms with Crippen LogP contribution in [0.1, 0.15) is 93.4 Å². The molecule has 0 saturated carbocycles. The van der Waals surface area contributed by atoms with Crippen LogP contribution in [-0.4, -0.2) is 6.18 Å². The summed E-state index contributed by atoms with van der Waals surface area (Å²) in [5.74, 6) is 6.37. The maximum Gasteiger partial charge on any atom is 0.389 e. The van der Waals surface area contributed by atoms with Gasteiger partial charge in [-0.15, -0.1) is 0 Å². The Morgan fingerprint density at radius 1 is 0.581 bits per heavy atom. The number of alkyl halides is 3. The van der Waals surface area contributed by atoms with E-state index in [1.807, 2.05) is 24.3 Å². The molecule has 0 amide bonds. The molecule has 0 bridgehead atoms. The first kappa shape index (κ1) is 25.1. The highest BCUT2D eigenvalue weighted by atomic mass is 19.4.